The van der Waals surface area contributed by atoms with Gasteiger partial charge in [0.1, 0.15) is 12.2 Å². The molecular weight excluding hydrogens is 244 g/mol. The summed E-state index contributed by atoms with van der Waals surface area (Å²) in [7, 11) is 1.94. The normalized spacial score (nSPS) is 31.0. The van der Waals surface area contributed by atoms with Crippen LogP contribution in [-0.4, -0.2) is 59.7 Å². The number of aliphatic hydroxyl groups is 2. The minimum absolute atomic E-state index is 0.187. The first-order valence-corrected chi connectivity index (χ1v) is 6.56. The van der Waals surface area contributed by atoms with Crippen LogP contribution in [0.2, 0.25) is 0 Å². The Labute approximate surface area is 113 Å². The van der Waals surface area contributed by atoms with Crippen LogP contribution in [0, 0.1) is 0 Å². The van der Waals surface area contributed by atoms with Crippen LogP contribution in [0.3, 0.4) is 0 Å². The zero-order valence-corrected chi connectivity index (χ0v) is 11.1. The first-order chi connectivity index (χ1) is 9.17. The average molecular weight is 266 g/mol. The lowest BCUT2D eigenvalue weighted by Gasteiger charge is -2.30. The van der Waals surface area contributed by atoms with Crippen molar-refractivity contribution in [2.24, 2.45) is 5.73 Å². The maximum absolute atomic E-state index is 10.2. The average Bonchev–Trinajstić information content (AvgIpc) is 2.76. The molecule has 1 saturated heterocycles. The van der Waals surface area contributed by atoms with Crippen molar-refractivity contribution < 1.29 is 14.9 Å². The summed E-state index contributed by atoms with van der Waals surface area (Å²) in [6, 6.07) is 9.84. The van der Waals surface area contributed by atoms with Gasteiger partial charge in [-0.3, -0.25) is 4.90 Å². The Morgan fingerprint density at radius 2 is 1.95 bits per heavy atom. The van der Waals surface area contributed by atoms with Crippen molar-refractivity contribution in [1.29, 1.82) is 0 Å². The van der Waals surface area contributed by atoms with Gasteiger partial charge in [0.25, 0.3) is 0 Å². The quantitative estimate of drug-likeness (QED) is 0.674. The van der Waals surface area contributed by atoms with Gasteiger partial charge in [-0.15, -0.1) is 0 Å². The van der Waals surface area contributed by atoms with E-state index >= 15 is 0 Å². The monoisotopic (exact) mass is 266 g/mol. The summed E-state index contributed by atoms with van der Waals surface area (Å²) < 4.78 is 5.58. The molecule has 4 atom stereocenters. The van der Waals surface area contributed by atoms with Gasteiger partial charge in [-0.2, -0.15) is 0 Å². The predicted octanol–water partition coefficient (Wildman–Crippen LogP) is -0.434. The Hall–Kier alpha value is -0.980. The fraction of sp³-hybridized carbons (Fsp3) is 0.571. The van der Waals surface area contributed by atoms with Crippen LogP contribution in [0.25, 0.3) is 0 Å². The molecule has 19 heavy (non-hydrogen) atoms. The topological polar surface area (TPSA) is 79.0 Å². The van der Waals surface area contributed by atoms with Gasteiger partial charge in [0.05, 0.1) is 18.8 Å². The summed E-state index contributed by atoms with van der Waals surface area (Å²) in [4.78, 5) is 2.03. The van der Waals surface area contributed by atoms with Gasteiger partial charge in [-0.1, -0.05) is 30.3 Å². The number of hydrogen-bond acceptors (Lipinski definition) is 5. The van der Waals surface area contributed by atoms with Crippen LogP contribution in [0.4, 0.5) is 0 Å². The van der Waals surface area contributed by atoms with Crippen LogP contribution in [0.5, 0.6) is 0 Å². The third-order valence-electron chi connectivity index (χ3n) is 3.66. The van der Waals surface area contributed by atoms with E-state index in [1.165, 1.54) is 5.56 Å². The SMILES string of the molecule is CN(Cc1ccccc1)[C@H]1[C@H](O)[C@H](CO)O[C@@H]1CN. The van der Waals surface area contributed by atoms with Crippen molar-refractivity contribution in [2.75, 3.05) is 20.2 Å². The maximum atomic E-state index is 10.2. The maximum Gasteiger partial charge on any atom is 0.109 e. The van der Waals surface area contributed by atoms with E-state index in [1.807, 2.05) is 42.3 Å². The lowest BCUT2D eigenvalue weighted by Crippen LogP contribution is -2.48. The van der Waals surface area contributed by atoms with Crippen molar-refractivity contribution in [3.63, 3.8) is 0 Å². The van der Waals surface area contributed by atoms with Gasteiger partial charge in [0, 0.05) is 13.1 Å². The first kappa shape index (κ1) is 14.4. The standard InChI is InChI=1S/C14H22N2O3/c1-16(8-10-5-3-2-4-6-10)13-11(7-15)19-12(9-17)14(13)18/h2-6,11-14,17-18H,7-9,15H2,1H3/t11-,12+,13-,14-/m1/s1. The molecule has 2 rings (SSSR count). The number of nitrogens with two attached hydrogens (primary N) is 1. The fourth-order valence-corrected chi connectivity index (χ4v) is 2.69. The summed E-state index contributed by atoms with van der Waals surface area (Å²) in [6.45, 7) is 0.852. The number of hydrogen-bond donors (Lipinski definition) is 3. The van der Waals surface area contributed by atoms with Crippen LogP contribution in [0.1, 0.15) is 5.56 Å². The van der Waals surface area contributed by atoms with Gasteiger partial charge in [-0.05, 0) is 12.6 Å². The molecule has 1 aromatic carbocycles. The highest BCUT2D eigenvalue weighted by molar-refractivity contribution is 5.15. The van der Waals surface area contributed by atoms with Crippen LogP contribution in [0.15, 0.2) is 30.3 Å². The molecule has 0 saturated carbocycles. The molecule has 0 radical (unpaired) electrons. The molecule has 1 aliphatic rings. The van der Waals surface area contributed by atoms with Crippen molar-refractivity contribution in [3.8, 4) is 0 Å². The molecule has 106 valence electrons. The number of nitrogens with zero attached hydrogens (tertiary/aromatic N) is 1. The van der Waals surface area contributed by atoms with Crippen molar-refractivity contribution in [1.82, 2.24) is 4.90 Å². The predicted molar refractivity (Wildman–Crippen MR) is 72.5 cm³/mol. The second-order valence-corrected chi connectivity index (χ2v) is 5.01. The Kier molecular flexibility index (Phi) is 4.90. The molecule has 0 amide bonds. The number of likely N-dealkylation sites (N-methyl/N-ethyl adjacent to an activating group) is 1. The first-order valence-electron chi connectivity index (χ1n) is 6.56. The van der Waals surface area contributed by atoms with Crippen molar-refractivity contribution in [2.45, 2.75) is 30.9 Å². The van der Waals surface area contributed by atoms with Gasteiger partial charge >= 0.3 is 0 Å². The fourth-order valence-electron chi connectivity index (χ4n) is 2.69. The number of aliphatic hydroxyl groups excluding tert-OH is 2. The van der Waals surface area contributed by atoms with E-state index in [0.29, 0.717) is 13.1 Å². The third kappa shape index (κ3) is 3.13. The molecule has 0 bridgehead atoms. The van der Waals surface area contributed by atoms with E-state index in [1.54, 1.807) is 0 Å². The van der Waals surface area contributed by atoms with Gasteiger partial charge in [-0.25, -0.2) is 0 Å². The molecular formula is C14H22N2O3. The number of rotatable bonds is 5. The van der Waals surface area contributed by atoms with Gasteiger partial charge < -0.3 is 20.7 Å². The molecule has 1 fully saturated rings. The molecule has 0 aromatic heterocycles. The highest BCUT2D eigenvalue weighted by atomic mass is 16.5. The van der Waals surface area contributed by atoms with Crippen LogP contribution in [-0.2, 0) is 11.3 Å². The minimum Gasteiger partial charge on any atom is -0.394 e. The van der Waals surface area contributed by atoms with E-state index in [-0.39, 0.29) is 18.8 Å². The highest BCUT2D eigenvalue weighted by Crippen LogP contribution is 2.25. The van der Waals surface area contributed by atoms with E-state index in [4.69, 9.17) is 10.5 Å². The minimum atomic E-state index is -0.715. The molecule has 1 aliphatic heterocycles. The smallest absolute Gasteiger partial charge is 0.109 e. The summed E-state index contributed by atoms with van der Waals surface area (Å²) >= 11 is 0. The van der Waals surface area contributed by atoms with Crippen molar-refractivity contribution in [3.05, 3.63) is 35.9 Å². The third-order valence-corrected chi connectivity index (χ3v) is 3.66. The molecule has 5 heteroatoms. The molecule has 0 aliphatic carbocycles. The lowest BCUT2D eigenvalue weighted by atomic mass is 10.0. The summed E-state index contributed by atoms with van der Waals surface area (Å²) in [5.74, 6) is 0. The van der Waals surface area contributed by atoms with Gasteiger partial charge in [0.15, 0.2) is 0 Å². The van der Waals surface area contributed by atoms with Crippen LogP contribution < -0.4 is 5.73 Å². The summed E-state index contributed by atoms with van der Waals surface area (Å²) in [5, 5.41) is 19.4. The lowest BCUT2D eigenvalue weighted by molar-refractivity contribution is -0.0193. The largest absolute Gasteiger partial charge is 0.394 e. The van der Waals surface area contributed by atoms with Crippen molar-refractivity contribution >= 4 is 0 Å². The van der Waals surface area contributed by atoms with E-state index in [0.717, 1.165) is 0 Å². The summed E-state index contributed by atoms with van der Waals surface area (Å²) in [6.07, 6.45) is -1.51. The van der Waals surface area contributed by atoms with E-state index in [9.17, 15) is 10.2 Å². The van der Waals surface area contributed by atoms with Gasteiger partial charge in [0.2, 0.25) is 0 Å². The zero-order valence-electron chi connectivity index (χ0n) is 11.1. The number of benzene rings is 1. The number of ether oxygens (including phenoxy) is 1. The molecule has 0 unspecified atom stereocenters. The van der Waals surface area contributed by atoms with E-state index < -0.39 is 12.2 Å². The molecule has 5 nitrogen and oxygen atoms in total. The Morgan fingerprint density at radius 3 is 2.53 bits per heavy atom. The summed E-state index contributed by atoms with van der Waals surface area (Å²) in [5.41, 5.74) is 6.86. The zero-order chi connectivity index (χ0) is 13.8. The Balaban J connectivity index is 2.06. The Morgan fingerprint density at radius 1 is 1.26 bits per heavy atom. The molecule has 1 heterocycles. The molecule has 0 spiro atoms. The second-order valence-electron chi connectivity index (χ2n) is 5.01. The Bertz CT molecular complexity index is 386. The van der Waals surface area contributed by atoms with Crippen LogP contribution >= 0.6 is 0 Å². The molecule has 4 N–H and O–H groups in total. The molecule has 1 aromatic rings. The highest BCUT2D eigenvalue weighted by Gasteiger charge is 2.44. The van der Waals surface area contributed by atoms with E-state index in [2.05, 4.69) is 0 Å². The second kappa shape index (κ2) is 6.45.